The fourth-order valence-corrected chi connectivity index (χ4v) is 3.02. The maximum absolute atomic E-state index is 12.2. The lowest BCUT2D eigenvalue weighted by atomic mass is 10.2. The van der Waals surface area contributed by atoms with Gasteiger partial charge < -0.3 is 10.5 Å². The molecule has 0 unspecified atom stereocenters. The molecule has 6 heteroatoms. The second-order valence-corrected chi connectivity index (χ2v) is 6.62. The molecule has 0 heterocycles. The third-order valence-corrected chi connectivity index (χ3v) is 4.71. The number of ether oxygens (including phenoxy) is 1. The molecule has 0 amide bonds. The van der Waals surface area contributed by atoms with E-state index in [1.54, 1.807) is 43.5 Å². The fraction of sp³-hybridized carbons (Fsp3) is 0.250. The van der Waals surface area contributed by atoms with E-state index in [4.69, 9.17) is 10.5 Å². The van der Waals surface area contributed by atoms with Gasteiger partial charge in [-0.3, -0.25) is 0 Å². The molecule has 3 N–H and O–H groups in total. The van der Waals surface area contributed by atoms with Crippen molar-refractivity contribution in [2.75, 3.05) is 13.7 Å². The van der Waals surface area contributed by atoms with Crippen LogP contribution >= 0.6 is 0 Å². The third kappa shape index (κ3) is 4.30. The highest BCUT2D eigenvalue weighted by Crippen LogP contribution is 2.14. The molecular formula is C16H20N2O3S. The van der Waals surface area contributed by atoms with Gasteiger partial charge in [-0.15, -0.1) is 0 Å². The maximum atomic E-state index is 12.2. The Balaban J connectivity index is 2.03. The molecular weight excluding hydrogens is 300 g/mol. The van der Waals surface area contributed by atoms with Gasteiger partial charge in [-0.2, -0.15) is 0 Å². The smallest absolute Gasteiger partial charge is 0.240 e. The summed E-state index contributed by atoms with van der Waals surface area (Å²) in [5.74, 6) is 0.738. The first-order valence-corrected chi connectivity index (χ1v) is 8.45. The van der Waals surface area contributed by atoms with E-state index in [2.05, 4.69) is 4.72 Å². The largest absolute Gasteiger partial charge is 0.497 e. The highest BCUT2D eigenvalue weighted by Gasteiger charge is 2.13. The molecule has 0 spiro atoms. The molecule has 0 saturated carbocycles. The van der Waals surface area contributed by atoms with E-state index in [0.717, 1.165) is 23.3 Å². The molecule has 0 radical (unpaired) electrons. The summed E-state index contributed by atoms with van der Waals surface area (Å²) >= 11 is 0. The van der Waals surface area contributed by atoms with Crippen LogP contribution in [0, 0.1) is 0 Å². The Bertz CT molecular complexity index is 695. The zero-order chi connectivity index (χ0) is 16.0. The van der Waals surface area contributed by atoms with Crippen LogP contribution in [0.4, 0.5) is 0 Å². The van der Waals surface area contributed by atoms with Gasteiger partial charge in [0, 0.05) is 6.54 Å². The van der Waals surface area contributed by atoms with E-state index in [-0.39, 0.29) is 11.4 Å². The lowest BCUT2D eigenvalue weighted by Gasteiger charge is -2.08. The van der Waals surface area contributed by atoms with Crippen molar-refractivity contribution in [3.05, 3.63) is 59.7 Å². The third-order valence-electron chi connectivity index (χ3n) is 3.29. The summed E-state index contributed by atoms with van der Waals surface area (Å²) < 4.78 is 32.1. The van der Waals surface area contributed by atoms with E-state index in [9.17, 15) is 8.42 Å². The van der Waals surface area contributed by atoms with E-state index in [1.807, 2.05) is 12.1 Å². The predicted octanol–water partition coefficient (Wildman–Crippen LogP) is 1.67. The summed E-state index contributed by atoms with van der Waals surface area (Å²) in [5.41, 5.74) is 7.37. The number of nitrogens with one attached hydrogen (secondary N) is 1. The fourth-order valence-electron chi connectivity index (χ4n) is 2.01. The normalized spacial score (nSPS) is 11.4. The number of sulfonamides is 1. The van der Waals surface area contributed by atoms with Crippen molar-refractivity contribution >= 4 is 10.0 Å². The minimum absolute atomic E-state index is 0.233. The first kappa shape index (κ1) is 16.5. The Morgan fingerprint density at radius 2 is 1.59 bits per heavy atom. The van der Waals surface area contributed by atoms with Crippen LogP contribution in [0.5, 0.6) is 5.75 Å². The van der Waals surface area contributed by atoms with Gasteiger partial charge in [0.25, 0.3) is 0 Å². The second kappa shape index (κ2) is 7.40. The minimum Gasteiger partial charge on any atom is -0.497 e. The molecule has 0 saturated heterocycles. The number of hydrogen-bond donors (Lipinski definition) is 2. The molecule has 5 nitrogen and oxygen atoms in total. The van der Waals surface area contributed by atoms with Crippen LogP contribution in [0.15, 0.2) is 53.4 Å². The van der Waals surface area contributed by atoms with Gasteiger partial charge in [-0.1, -0.05) is 24.3 Å². The summed E-state index contributed by atoms with van der Waals surface area (Å²) in [6, 6.07) is 14.0. The Labute approximate surface area is 131 Å². The van der Waals surface area contributed by atoms with Crippen LogP contribution in [0.3, 0.4) is 0 Å². The van der Waals surface area contributed by atoms with E-state index >= 15 is 0 Å². The number of hydrogen-bond acceptors (Lipinski definition) is 4. The Kier molecular flexibility index (Phi) is 5.54. The molecule has 0 atom stereocenters. The average molecular weight is 320 g/mol. The summed E-state index contributed by atoms with van der Waals surface area (Å²) in [4.78, 5) is 0.252. The molecule has 2 aromatic carbocycles. The molecule has 0 aliphatic rings. The van der Waals surface area contributed by atoms with E-state index < -0.39 is 10.0 Å². The van der Waals surface area contributed by atoms with Crippen LogP contribution in [0.25, 0.3) is 0 Å². The van der Waals surface area contributed by atoms with Crippen molar-refractivity contribution in [3.8, 4) is 5.75 Å². The highest BCUT2D eigenvalue weighted by atomic mass is 32.2. The molecule has 0 aliphatic heterocycles. The van der Waals surface area contributed by atoms with Crippen molar-refractivity contribution < 1.29 is 13.2 Å². The summed E-state index contributed by atoms with van der Waals surface area (Å²) in [6.45, 7) is 0.776. The van der Waals surface area contributed by atoms with E-state index in [0.29, 0.717) is 6.54 Å². The van der Waals surface area contributed by atoms with Gasteiger partial charge in [0.2, 0.25) is 10.0 Å². The molecule has 118 valence electrons. The first-order chi connectivity index (χ1) is 10.5. The molecule has 0 fully saturated rings. The molecule has 22 heavy (non-hydrogen) atoms. The zero-order valence-electron chi connectivity index (χ0n) is 12.5. The average Bonchev–Trinajstić information content (AvgIpc) is 2.54. The number of methoxy groups -OCH3 is 1. The van der Waals surface area contributed by atoms with Gasteiger partial charge >= 0.3 is 0 Å². The van der Waals surface area contributed by atoms with Crippen LogP contribution in [-0.2, 0) is 23.0 Å². The highest BCUT2D eigenvalue weighted by molar-refractivity contribution is 7.89. The van der Waals surface area contributed by atoms with Crippen molar-refractivity contribution in [1.29, 1.82) is 0 Å². The lowest BCUT2D eigenvalue weighted by molar-refractivity contribution is 0.414. The number of rotatable bonds is 7. The first-order valence-electron chi connectivity index (χ1n) is 6.97. The predicted molar refractivity (Wildman–Crippen MR) is 86.2 cm³/mol. The molecule has 0 aliphatic carbocycles. The van der Waals surface area contributed by atoms with Crippen LogP contribution in [-0.4, -0.2) is 22.1 Å². The maximum Gasteiger partial charge on any atom is 0.240 e. The lowest BCUT2D eigenvalue weighted by Crippen LogP contribution is -2.23. The SMILES string of the molecule is COc1ccc(CNS(=O)(=O)c2ccc(CCN)cc2)cc1. The molecule has 0 aromatic heterocycles. The minimum atomic E-state index is -3.52. The van der Waals surface area contributed by atoms with Crippen LogP contribution in [0.1, 0.15) is 11.1 Å². The van der Waals surface area contributed by atoms with Gasteiger partial charge in [-0.05, 0) is 48.4 Å². The Morgan fingerprint density at radius 3 is 2.14 bits per heavy atom. The molecule has 2 aromatic rings. The Hall–Kier alpha value is -1.89. The topological polar surface area (TPSA) is 81.4 Å². The summed E-state index contributed by atoms with van der Waals surface area (Å²) in [7, 11) is -1.93. The van der Waals surface area contributed by atoms with Crippen molar-refractivity contribution in [2.45, 2.75) is 17.9 Å². The number of nitrogens with two attached hydrogens (primary N) is 1. The van der Waals surface area contributed by atoms with Gasteiger partial charge in [0.1, 0.15) is 5.75 Å². The van der Waals surface area contributed by atoms with Gasteiger partial charge in [0.05, 0.1) is 12.0 Å². The zero-order valence-corrected chi connectivity index (χ0v) is 13.3. The van der Waals surface area contributed by atoms with Crippen LogP contribution in [0.2, 0.25) is 0 Å². The van der Waals surface area contributed by atoms with Gasteiger partial charge in [0.15, 0.2) is 0 Å². The molecule has 0 bridgehead atoms. The summed E-state index contributed by atoms with van der Waals surface area (Å²) in [5, 5.41) is 0. The monoisotopic (exact) mass is 320 g/mol. The van der Waals surface area contributed by atoms with Crippen molar-refractivity contribution in [1.82, 2.24) is 4.72 Å². The van der Waals surface area contributed by atoms with Crippen molar-refractivity contribution in [2.24, 2.45) is 5.73 Å². The van der Waals surface area contributed by atoms with E-state index in [1.165, 1.54) is 0 Å². The Morgan fingerprint density at radius 1 is 1.00 bits per heavy atom. The second-order valence-electron chi connectivity index (χ2n) is 4.86. The van der Waals surface area contributed by atoms with Crippen molar-refractivity contribution in [3.63, 3.8) is 0 Å². The molecule has 2 rings (SSSR count). The van der Waals surface area contributed by atoms with Crippen LogP contribution < -0.4 is 15.2 Å². The van der Waals surface area contributed by atoms with Gasteiger partial charge in [-0.25, -0.2) is 13.1 Å². The summed E-state index contributed by atoms with van der Waals surface area (Å²) in [6.07, 6.45) is 0.736. The number of benzene rings is 2. The quantitative estimate of drug-likeness (QED) is 0.813. The standard InChI is InChI=1S/C16H20N2O3S/c1-21-15-6-2-14(3-7-15)12-18-22(19,20)16-8-4-13(5-9-16)10-11-17/h2-9,18H,10-12,17H2,1H3.